The third kappa shape index (κ3) is 3.61. The lowest BCUT2D eigenvalue weighted by Gasteiger charge is -2.11. The lowest BCUT2D eigenvalue weighted by atomic mass is 10.2. The van der Waals surface area contributed by atoms with Crippen molar-refractivity contribution in [2.45, 2.75) is 11.4 Å². The first kappa shape index (κ1) is 14.6. The molecule has 0 heterocycles. The van der Waals surface area contributed by atoms with Gasteiger partial charge in [-0.3, -0.25) is 0 Å². The molecule has 0 aliphatic rings. The van der Waals surface area contributed by atoms with E-state index in [2.05, 4.69) is 35.8 Å². The number of ether oxygens (including phenoxy) is 2. The minimum atomic E-state index is 0.749. The molecular weight excluding hydrogens is 270 g/mol. The number of benzene rings is 2. The molecule has 0 aliphatic carbocycles. The number of rotatable bonds is 6. The molecule has 2 rings (SSSR count). The molecule has 1 N–H and O–H groups in total. The van der Waals surface area contributed by atoms with Crippen LogP contribution in [-0.2, 0) is 6.54 Å². The van der Waals surface area contributed by atoms with Crippen molar-refractivity contribution < 1.29 is 9.47 Å². The molecule has 106 valence electrons. The van der Waals surface area contributed by atoms with Gasteiger partial charge in [0.25, 0.3) is 0 Å². The molecule has 0 fully saturated rings. The molecule has 0 saturated carbocycles. The Bertz CT molecular complexity index is 555. The fraction of sp³-hybridized carbons (Fsp3) is 0.250. The Morgan fingerprint density at radius 3 is 2.25 bits per heavy atom. The van der Waals surface area contributed by atoms with Gasteiger partial charge in [0.15, 0.2) is 11.5 Å². The second-order valence-corrected chi connectivity index (χ2v) is 5.15. The van der Waals surface area contributed by atoms with Crippen LogP contribution in [0.5, 0.6) is 11.5 Å². The van der Waals surface area contributed by atoms with E-state index in [4.69, 9.17) is 9.47 Å². The summed E-state index contributed by atoms with van der Waals surface area (Å²) in [5.41, 5.74) is 2.26. The molecule has 0 saturated heterocycles. The van der Waals surface area contributed by atoms with E-state index in [0.29, 0.717) is 0 Å². The first-order chi connectivity index (χ1) is 9.76. The van der Waals surface area contributed by atoms with Crippen LogP contribution >= 0.6 is 11.8 Å². The monoisotopic (exact) mass is 289 g/mol. The highest BCUT2D eigenvalue weighted by atomic mass is 32.2. The first-order valence-electron chi connectivity index (χ1n) is 6.35. The van der Waals surface area contributed by atoms with Gasteiger partial charge in [0, 0.05) is 17.1 Å². The summed E-state index contributed by atoms with van der Waals surface area (Å²) >= 11 is 1.74. The van der Waals surface area contributed by atoms with Gasteiger partial charge in [-0.05, 0) is 48.2 Å². The predicted octanol–water partition coefficient (Wildman–Crippen LogP) is 4.04. The molecule has 0 spiro atoms. The van der Waals surface area contributed by atoms with E-state index < -0.39 is 0 Å². The highest BCUT2D eigenvalue weighted by Crippen LogP contribution is 2.28. The van der Waals surface area contributed by atoms with Crippen LogP contribution in [0.4, 0.5) is 5.69 Å². The van der Waals surface area contributed by atoms with E-state index in [0.717, 1.165) is 29.3 Å². The van der Waals surface area contributed by atoms with E-state index in [1.165, 1.54) is 4.90 Å². The number of methoxy groups -OCH3 is 2. The largest absolute Gasteiger partial charge is 0.493 e. The summed E-state index contributed by atoms with van der Waals surface area (Å²) in [7, 11) is 3.29. The fourth-order valence-electron chi connectivity index (χ4n) is 1.90. The molecule has 0 radical (unpaired) electrons. The Morgan fingerprint density at radius 2 is 1.65 bits per heavy atom. The third-order valence-corrected chi connectivity index (χ3v) is 3.78. The van der Waals surface area contributed by atoms with Gasteiger partial charge in [0.2, 0.25) is 0 Å². The van der Waals surface area contributed by atoms with Crippen LogP contribution in [0.15, 0.2) is 47.4 Å². The van der Waals surface area contributed by atoms with Gasteiger partial charge in [-0.2, -0.15) is 0 Å². The van der Waals surface area contributed by atoms with E-state index in [-0.39, 0.29) is 0 Å². The van der Waals surface area contributed by atoms with Crippen LogP contribution in [0.2, 0.25) is 0 Å². The average molecular weight is 289 g/mol. The molecule has 0 aliphatic heterocycles. The van der Waals surface area contributed by atoms with Crippen molar-refractivity contribution in [2.75, 3.05) is 25.8 Å². The third-order valence-electron chi connectivity index (χ3n) is 3.03. The van der Waals surface area contributed by atoms with Crippen molar-refractivity contribution in [3.63, 3.8) is 0 Å². The smallest absolute Gasteiger partial charge is 0.161 e. The molecule has 3 nitrogen and oxygen atoms in total. The molecule has 2 aromatic rings. The summed E-state index contributed by atoms with van der Waals surface area (Å²) in [5, 5.41) is 3.40. The fourth-order valence-corrected chi connectivity index (χ4v) is 2.31. The lowest BCUT2D eigenvalue weighted by molar-refractivity contribution is 0.354. The molecule has 2 aromatic carbocycles. The molecule has 4 heteroatoms. The Balaban J connectivity index is 2.02. The maximum absolute atomic E-state index is 5.30. The quantitative estimate of drug-likeness (QED) is 0.813. The van der Waals surface area contributed by atoms with E-state index in [1.54, 1.807) is 26.0 Å². The maximum Gasteiger partial charge on any atom is 0.161 e. The summed E-state index contributed by atoms with van der Waals surface area (Å²) in [5.74, 6) is 1.50. The molecule has 20 heavy (non-hydrogen) atoms. The van der Waals surface area contributed by atoms with Crippen LogP contribution in [0.25, 0.3) is 0 Å². The Labute approximate surface area is 124 Å². The Morgan fingerprint density at radius 1 is 0.950 bits per heavy atom. The van der Waals surface area contributed by atoms with Crippen LogP contribution < -0.4 is 14.8 Å². The number of hydrogen-bond donors (Lipinski definition) is 1. The zero-order valence-electron chi connectivity index (χ0n) is 12.0. The van der Waals surface area contributed by atoms with Gasteiger partial charge >= 0.3 is 0 Å². The Hall–Kier alpha value is -1.81. The highest BCUT2D eigenvalue weighted by Gasteiger charge is 2.04. The van der Waals surface area contributed by atoms with Crippen molar-refractivity contribution in [3.8, 4) is 11.5 Å². The minimum absolute atomic E-state index is 0.749. The first-order valence-corrected chi connectivity index (χ1v) is 7.58. The average Bonchev–Trinajstić information content (AvgIpc) is 2.53. The van der Waals surface area contributed by atoms with Crippen molar-refractivity contribution in [3.05, 3.63) is 48.0 Å². The molecular formula is C16H19NO2S. The van der Waals surface area contributed by atoms with Gasteiger partial charge in [-0.25, -0.2) is 0 Å². The highest BCUT2D eigenvalue weighted by molar-refractivity contribution is 7.98. The molecule has 0 aromatic heterocycles. The molecule has 0 bridgehead atoms. The second-order valence-electron chi connectivity index (χ2n) is 4.27. The number of anilines is 1. The van der Waals surface area contributed by atoms with Crippen molar-refractivity contribution in [1.29, 1.82) is 0 Å². The number of nitrogens with one attached hydrogen (secondary N) is 1. The zero-order valence-corrected chi connectivity index (χ0v) is 12.8. The van der Waals surface area contributed by atoms with Gasteiger partial charge in [-0.15, -0.1) is 11.8 Å². The second kappa shape index (κ2) is 7.10. The SMILES string of the molecule is COc1ccc(CNc2ccc(SC)cc2)cc1OC. The standard InChI is InChI=1S/C16H19NO2S/c1-18-15-9-4-12(10-16(15)19-2)11-17-13-5-7-14(20-3)8-6-13/h4-10,17H,11H2,1-3H3. The predicted molar refractivity (Wildman–Crippen MR) is 85.1 cm³/mol. The zero-order chi connectivity index (χ0) is 14.4. The van der Waals surface area contributed by atoms with Gasteiger partial charge in [0.1, 0.15) is 0 Å². The summed E-state index contributed by atoms with van der Waals surface area (Å²) in [6.45, 7) is 0.749. The number of thioether (sulfide) groups is 1. The summed E-state index contributed by atoms with van der Waals surface area (Å²) < 4.78 is 10.5. The number of hydrogen-bond acceptors (Lipinski definition) is 4. The molecule has 0 atom stereocenters. The van der Waals surface area contributed by atoms with Crippen LogP contribution in [0, 0.1) is 0 Å². The van der Waals surface area contributed by atoms with E-state index in [1.807, 2.05) is 18.2 Å². The van der Waals surface area contributed by atoms with E-state index in [9.17, 15) is 0 Å². The van der Waals surface area contributed by atoms with Crippen molar-refractivity contribution >= 4 is 17.4 Å². The van der Waals surface area contributed by atoms with Crippen molar-refractivity contribution in [1.82, 2.24) is 0 Å². The van der Waals surface area contributed by atoms with Crippen LogP contribution in [0.3, 0.4) is 0 Å². The van der Waals surface area contributed by atoms with Gasteiger partial charge in [0.05, 0.1) is 14.2 Å². The summed E-state index contributed by atoms with van der Waals surface area (Å²) in [6, 6.07) is 14.3. The van der Waals surface area contributed by atoms with Gasteiger partial charge < -0.3 is 14.8 Å². The maximum atomic E-state index is 5.30. The summed E-state index contributed by atoms with van der Waals surface area (Å²) in [4.78, 5) is 1.27. The lowest BCUT2D eigenvalue weighted by Crippen LogP contribution is -2.00. The normalized spacial score (nSPS) is 10.2. The van der Waals surface area contributed by atoms with Crippen LogP contribution in [0.1, 0.15) is 5.56 Å². The Kier molecular flexibility index (Phi) is 5.18. The van der Waals surface area contributed by atoms with Gasteiger partial charge in [-0.1, -0.05) is 6.07 Å². The van der Waals surface area contributed by atoms with Crippen LogP contribution in [-0.4, -0.2) is 20.5 Å². The van der Waals surface area contributed by atoms with E-state index >= 15 is 0 Å². The molecule has 0 unspecified atom stereocenters. The topological polar surface area (TPSA) is 30.5 Å². The molecule has 0 amide bonds. The van der Waals surface area contributed by atoms with Crippen molar-refractivity contribution in [2.24, 2.45) is 0 Å². The summed E-state index contributed by atoms with van der Waals surface area (Å²) in [6.07, 6.45) is 2.08. The minimum Gasteiger partial charge on any atom is -0.493 e.